The second kappa shape index (κ2) is 8.19. The van der Waals surface area contributed by atoms with Gasteiger partial charge in [-0.15, -0.1) is 0 Å². The number of benzene rings is 3. The lowest BCUT2D eigenvalue weighted by molar-refractivity contribution is -0.384. The Morgan fingerprint density at radius 2 is 1.77 bits per heavy atom. The molecule has 0 radical (unpaired) electrons. The quantitative estimate of drug-likeness (QED) is 0.210. The van der Waals surface area contributed by atoms with E-state index in [2.05, 4.69) is 22.6 Å². The van der Waals surface area contributed by atoms with Gasteiger partial charge in [0, 0.05) is 15.7 Å². The van der Waals surface area contributed by atoms with Crippen molar-refractivity contribution in [3.05, 3.63) is 108 Å². The van der Waals surface area contributed by atoms with E-state index in [0.717, 1.165) is 14.7 Å². The van der Waals surface area contributed by atoms with Crippen molar-refractivity contribution in [2.75, 3.05) is 0 Å². The number of aromatic nitrogens is 2. The highest BCUT2D eigenvalue weighted by Crippen LogP contribution is 2.20. The topological polar surface area (TPSA) is 78.0 Å². The summed E-state index contributed by atoms with van der Waals surface area (Å²) >= 11 is 2.15. The van der Waals surface area contributed by atoms with E-state index in [1.807, 2.05) is 49.4 Å². The molecular weight excluding hydrogens is 493 g/mol. The number of fused-ring (bicyclic) bond motifs is 1. The lowest BCUT2D eigenvalue weighted by atomic mass is 10.1. The zero-order valence-electron chi connectivity index (χ0n) is 15.9. The summed E-state index contributed by atoms with van der Waals surface area (Å²) in [6.45, 7) is 2.01. The monoisotopic (exact) mass is 509 g/mol. The zero-order valence-corrected chi connectivity index (χ0v) is 18.1. The van der Waals surface area contributed by atoms with Crippen LogP contribution in [0.15, 0.2) is 71.5 Å². The van der Waals surface area contributed by atoms with Crippen LogP contribution in [-0.2, 0) is 0 Å². The minimum Gasteiger partial charge on any atom is -0.268 e. The Morgan fingerprint density at radius 1 is 1.03 bits per heavy atom. The molecule has 0 saturated carbocycles. The van der Waals surface area contributed by atoms with E-state index in [1.54, 1.807) is 24.3 Å². The first kappa shape index (κ1) is 20.0. The first-order valence-electron chi connectivity index (χ1n) is 9.15. The van der Waals surface area contributed by atoms with Crippen molar-refractivity contribution in [1.29, 1.82) is 0 Å². The summed E-state index contributed by atoms with van der Waals surface area (Å²) in [5.41, 5.74) is 2.98. The number of aryl methyl sites for hydroxylation is 1. The maximum atomic E-state index is 13.4. The zero-order chi connectivity index (χ0) is 21.3. The van der Waals surface area contributed by atoms with Crippen LogP contribution in [0.3, 0.4) is 0 Å². The van der Waals surface area contributed by atoms with E-state index >= 15 is 0 Å². The molecule has 0 atom stereocenters. The molecular formula is C23H16IN3O3. The molecule has 0 aliphatic carbocycles. The van der Waals surface area contributed by atoms with Gasteiger partial charge < -0.3 is 0 Å². The van der Waals surface area contributed by atoms with E-state index in [4.69, 9.17) is 4.98 Å². The minimum atomic E-state index is -0.466. The van der Waals surface area contributed by atoms with Crippen LogP contribution in [0, 0.1) is 20.6 Å². The summed E-state index contributed by atoms with van der Waals surface area (Å²) in [6, 6.07) is 19.3. The molecule has 148 valence electrons. The van der Waals surface area contributed by atoms with Crippen LogP contribution >= 0.6 is 22.6 Å². The van der Waals surface area contributed by atoms with Crippen LogP contribution in [0.4, 0.5) is 5.69 Å². The Bertz CT molecular complexity index is 1360. The lowest BCUT2D eigenvalue weighted by Gasteiger charge is -2.12. The fourth-order valence-corrected chi connectivity index (χ4v) is 3.69. The van der Waals surface area contributed by atoms with E-state index in [0.29, 0.717) is 22.4 Å². The van der Waals surface area contributed by atoms with E-state index in [9.17, 15) is 14.9 Å². The molecule has 30 heavy (non-hydrogen) atoms. The number of hydrogen-bond donors (Lipinski definition) is 0. The first-order chi connectivity index (χ1) is 14.4. The standard InChI is InChI=1S/C23H16IN3O3/c1-15-4-2-3-5-16(15)6-13-22-25-21-12-7-17(24)14-20(21)23(28)26(22)18-8-10-19(11-9-18)27(29)30/h2-14H,1H3. The van der Waals surface area contributed by atoms with Crippen LogP contribution in [0.25, 0.3) is 28.7 Å². The SMILES string of the molecule is Cc1ccccc1C=Cc1nc2ccc(I)cc2c(=O)n1-c1ccc([N+](=O)[O-])cc1. The fourth-order valence-electron chi connectivity index (χ4n) is 3.20. The molecule has 3 aromatic carbocycles. The molecule has 0 aliphatic heterocycles. The Kier molecular flexibility index (Phi) is 5.45. The van der Waals surface area contributed by atoms with Crippen LogP contribution in [0.2, 0.25) is 0 Å². The van der Waals surface area contributed by atoms with Crippen molar-refractivity contribution in [3.63, 3.8) is 0 Å². The molecule has 4 rings (SSSR count). The van der Waals surface area contributed by atoms with Gasteiger partial charge in [0.2, 0.25) is 0 Å². The second-order valence-electron chi connectivity index (χ2n) is 6.74. The minimum absolute atomic E-state index is 0.0351. The Balaban J connectivity index is 1.94. The predicted molar refractivity (Wildman–Crippen MR) is 127 cm³/mol. The average molecular weight is 509 g/mol. The number of rotatable bonds is 4. The number of nitrogens with zero attached hydrogens (tertiary/aromatic N) is 3. The van der Waals surface area contributed by atoms with E-state index < -0.39 is 4.92 Å². The Labute approximate surface area is 185 Å². The van der Waals surface area contributed by atoms with Gasteiger partial charge in [0.15, 0.2) is 0 Å². The summed E-state index contributed by atoms with van der Waals surface area (Å²) in [5, 5.41) is 11.5. The van der Waals surface area contributed by atoms with Crippen LogP contribution < -0.4 is 5.56 Å². The van der Waals surface area contributed by atoms with Gasteiger partial charge in [-0.3, -0.25) is 19.5 Å². The van der Waals surface area contributed by atoms with Gasteiger partial charge in [0.05, 0.1) is 21.5 Å². The van der Waals surface area contributed by atoms with Gasteiger partial charge in [-0.25, -0.2) is 4.98 Å². The third kappa shape index (κ3) is 3.88. The maximum absolute atomic E-state index is 13.4. The molecule has 4 aromatic rings. The highest BCUT2D eigenvalue weighted by atomic mass is 127. The van der Waals surface area contributed by atoms with Gasteiger partial charge in [0.25, 0.3) is 11.2 Å². The molecule has 0 fully saturated rings. The summed E-state index contributed by atoms with van der Waals surface area (Å²) < 4.78 is 2.41. The summed E-state index contributed by atoms with van der Waals surface area (Å²) in [4.78, 5) is 28.6. The largest absolute Gasteiger partial charge is 0.269 e. The van der Waals surface area contributed by atoms with Gasteiger partial charge in [0.1, 0.15) is 5.82 Å². The average Bonchev–Trinajstić information content (AvgIpc) is 2.74. The number of halogens is 1. The third-order valence-electron chi connectivity index (χ3n) is 4.78. The normalized spacial score (nSPS) is 11.3. The molecule has 0 unspecified atom stereocenters. The molecule has 0 saturated heterocycles. The van der Waals surface area contributed by atoms with Gasteiger partial charge in [-0.05, 0) is 77.0 Å². The lowest BCUT2D eigenvalue weighted by Crippen LogP contribution is -2.22. The molecule has 0 amide bonds. The third-order valence-corrected chi connectivity index (χ3v) is 5.45. The van der Waals surface area contributed by atoms with Gasteiger partial charge in [-0.2, -0.15) is 0 Å². The highest BCUT2D eigenvalue weighted by Gasteiger charge is 2.13. The Hall–Kier alpha value is -3.33. The second-order valence-corrected chi connectivity index (χ2v) is 7.98. The van der Waals surface area contributed by atoms with E-state index in [-0.39, 0.29) is 11.2 Å². The summed E-state index contributed by atoms with van der Waals surface area (Å²) in [7, 11) is 0. The van der Waals surface area contributed by atoms with Crippen molar-refractivity contribution in [1.82, 2.24) is 9.55 Å². The molecule has 0 aliphatic rings. The van der Waals surface area contributed by atoms with Crippen LogP contribution in [0.1, 0.15) is 17.0 Å². The fraction of sp³-hybridized carbons (Fsp3) is 0.0435. The molecule has 0 N–H and O–H groups in total. The summed E-state index contributed by atoms with van der Waals surface area (Å²) in [6.07, 6.45) is 3.71. The number of hydrogen-bond acceptors (Lipinski definition) is 4. The molecule has 6 nitrogen and oxygen atoms in total. The number of nitro benzene ring substituents is 1. The first-order valence-corrected chi connectivity index (χ1v) is 10.2. The van der Waals surface area contributed by atoms with Crippen molar-refractivity contribution in [2.45, 2.75) is 6.92 Å². The molecule has 7 heteroatoms. The molecule has 0 spiro atoms. The Morgan fingerprint density at radius 3 is 2.47 bits per heavy atom. The van der Waals surface area contributed by atoms with E-state index in [1.165, 1.54) is 16.7 Å². The smallest absolute Gasteiger partial charge is 0.268 e. The molecule has 1 aromatic heterocycles. The van der Waals surface area contributed by atoms with Crippen LogP contribution in [-0.4, -0.2) is 14.5 Å². The van der Waals surface area contributed by atoms with Gasteiger partial charge >= 0.3 is 0 Å². The van der Waals surface area contributed by atoms with Crippen LogP contribution in [0.5, 0.6) is 0 Å². The van der Waals surface area contributed by atoms with Crippen molar-refractivity contribution in [2.24, 2.45) is 0 Å². The molecule has 0 bridgehead atoms. The van der Waals surface area contributed by atoms with Crippen molar-refractivity contribution in [3.8, 4) is 5.69 Å². The van der Waals surface area contributed by atoms with Gasteiger partial charge in [-0.1, -0.05) is 30.3 Å². The number of non-ortho nitro benzene ring substituents is 1. The predicted octanol–water partition coefficient (Wildman–Crippen LogP) is 5.38. The van der Waals surface area contributed by atoms with Crippen molar-refractivity contribution < 1.29 is 4.92 Å². The highest BCUT2D eigenvalue weighted by molar-refractivity contribution is 14.1. The number of nitro groups is 1. The molecule has 1 heterocycles. The maximum Gasteiger partial charge on any atom is 0.269 e. The summed E-state index contributed by atoms with van der Waals surface area (Å²) in [5.74, 6) is 0.450. The van der Waals surface area contributed by atoms with Crippen molar-refractivity contribution >= 4 is 51.3 Å².